The van der Waals surface area contributed by atoms with Gasteiger partial charge in [-0.3, -0.25) is 14.8 Å². The Hall–Kier alpha value is -2.67. The number of nitrogens with one attached hydrogen (secondary N) is 3. The van der Waals surface area contributed by atoms with Gasteiger partial charge in [-0.1, -0.05) is 17.7 Å². The zero-order valence-electron chi connectivity index (χ0n) is 13.3. The molecular weight excluding hydrogens is 328 g/mol. The number of aromatic nitrogens is 2. The van der Waals surface area contributed by atoms with Crippen molar-refractivity contribution in [2.75, 3.05) is 25.5 Å². The van der Waals surface area contributed by atoms with Crippen molar-refractivity contribution in [1.29, 1.82) is 0 Å². The van der Waals surface area contributed by atoms with E-state index in [1.165, 1.54) is 0 Å². The van der Waals surface area contributed by atoms with Gasteiger partial charge in [-0.15, -0.1) is 0 Å². The third-order valence-electron chi connectivity index (χ3n) is 3.08. The van der Waals surface area contributed by atoms with Gasteiger partial charge >= 0.3 is 0 Å². The lowest BCUT2D eigenvalue weighted by Crippen LogP contribution is -2.42. The molecule has 0 aliphatic heterocycles. The van der Waals surface area contributed by atoms with E-state index in [-0.39, 0.29) is 12.5 Å². The lowest BCUT2D eigenvalue weighted by atomic mass is 10.2. The van der Waals surface area contributed by atoms with Crippen LogP contribution in [0.5, 0.6) is 0 Å². The third-order valence-corrected chi connectivity index (χ3v) is 3.30. The van der Waals surface area contributed by atoms with E-state index in [1.54, 1.807) is 43.8 Å². The number of carbonyl (C=O) groups is 1. The summed E-state index contributed by atoms with van der Waals surface area (Å²) >= 11 is 5.75. The molecule has 8 heteroatoms. The summed E-state index contributed by atoms with van der Waals surface area (Å²) in [6, 6.07) is 7.22. The number of guanidine groups is 1. The van der Waals surface area contributed by atoms with E-state index in [0.717, 1.165) is 12.0 Å². The first-order chi connectivity index (χ1) is 11.7. The van der Waals surface area contributed by atoms with Gasteiger partial charge in [-0.2, -0.15) is 0 Å². The zero-order valence-corrected chi connectivity index (χ0v) is 14.0. The summed E-state index contributed by atoms with van der Waals surface area (Å²) in [5.74, 6) is 0.381. The van der Waals surface area contributed by atoms with Crippen LogP contribution in [0.25, 0.3) is 0 Å². The number of nitrogens with zero attached hydrogens (tertiary/aromatic N) is 3. The molecule has 0 spiro atoms. The second-order valence-electron chi connectivity index (χ2n) is 4.88. The molecule has 2 rings (SSSR count). The quantitative estimate of drug-likeness (QED) is 0.418. The minimum atomic E-state index is -0.173. The minimum absolute atomic E-state index is 0.108. The maximum absolute atomic E-state index is 11.9. The van der Waals surface area contributed by atoms with Gasteiger partial charge in [0.25, 0.3) is 0 Å². The van der Waals surface area contributed by atoms with Crippen molar-refractivity contribution in [1.82, 2.24) is 20.6 Å². The Labute approximate surface area is 145 Å². The van der Waals surface area contributed by atoms with Gasteiger partial charge in [-0.05, 0) is 30.2 Å². The molecule has 0 aromatic carbocycles. The van der Waals surface area contributed by atoms with Crippen LogP contribution in [-0.2, 0) is 11.2 Å². The van der Waals surface area contributed by atoms with Crippen molar-refractivity contribution in [3.05, 3.63) is 53.6 Å². The first-order valence-corrected chi connectivity index (χ1v) is 7.80. The van der Waals surface area contributed by atoms with Gasteiger partial charge < -0.3 is 16.0 Å². The number of amides is 1. The molecule has 0 aliphatic rings. The first kappa shape index (κ1) is 17.7. The molecule has 0 radical (unpaired) electrons. The second kappa shape index (κ2) is 9.46. The Morgan fingerprint density at radius 3 is 2.79 bits per heavy atom. The molecule has 0 saturated carbocycles. The Balaban J connectivity index is 1.70. The second-order valence-corrected chi connectivity index (χ2v) is 5.27. The van der Waals surface area contributed by atoms with Gasteiger partial charge in [-0.25, -0.2) is 4.98 Å². The lowest BCUT2D eigenvalue weighted by Gasteiger charge is -2.12. The third kappa shape index (κ3) is 6.21. The summed E-state index contributed by atoms with van der Waals surface area (Å²) in [7, 11) is 1.65. The SMILES string of the molecule is CN=C(NCCc1ccc(Cl)nc1)NCC(=O)Nc1cccnc1. The molecule has 2 heterocycles. The number of anilines is 1. The average Bonchev–Trinajstić information content (AvgIpc) is 2.60. The van der Waals surface area contributed by atoms with E-state index in [4.69, 9.17) is 11.6 Å². The van der Waals surface area contributed by atoms with Crippen LogP contribution in [0.4, 0.5) is 5.69 Å². The minimum Gasteiger partial charge on any atom is -0.356 e. The fraction of sp³-hybridized carbons (Fsp3) is 0.250. The molecular formula is C16H19ClN6O. The fourth-order valence-corrected chi connectivity index (χ4v) is 2.02. The molecule has 1 amide bonds. The highest BCUT2D eigenvalue weighted by Crippen LogP contribution is 2.05. The zero-order chi connectivity index (χ0) is 17.2. The van der Waals surface area contributed by atoms with Crippen molar-refractivity contribution in [2.24, 2.45) is 4.99 Å². The molecule has 0 saturated heterocycles. The summed E-state index contributed by atoms with van der Waals surface area (Å²) in [5, 5.41) is 9.31. The van der Waals surface area contributed by atoms with Crippen molar-refractivity contribution in [3.8, 4) is 0 Å². The Morgan fingerprint density at radius 1 is 1.25 bits per heavy atom. The van der Waals surface area contributed by atoms with Gasteiger partial charge in [0.1, 0.15) is 5.15 Å². The van der Waals surface area contributed by atoms with Crippen LogP contribution in [0.2, 0.25) is 5.15 Å². The van der Waals surface area contributed by atoms with Crippen molar-refractivity contribution in [3.63, 3.8) is 0 Å². The molecule has 3 N–H and O–H groups in total. The van der Waals surface area contributed by atoms with Crippen LogP contribution in [-0.4, -0.2) is 42.0 Å². The highest BCUT2D eigenvalue weighted by Gasteiger charge is 2.04. The van der Waals surface area contributed by atoms with Gasteiger partial charge in [0, 0.05) is 26.0 Å². The maximum atomic E-state index is 11.9. The topological polar surface area (TPSA) is 91.3 Å². The van der Waals surface area contributed by atoms with E-state index in [1.807, 2.05) is 6.07 Å². The number of pyridine rings is 2. The number of aliphatic imine (C=N–C) groups is 1. The number of halogens is 1. The predicted molar refractivity (Wildman–Crippen MR) is 95.2 cm³/mol. The Kier molecular flexibility index (Phi) is 6.97. The standard InChI is InChI=1S/C16H19ClN6O/c1-18-16(20-8-6-12-4-5-14(17)21-9-12)22-11-15(24)23-13-3-2-7-19-10-13/h2-5,7,9-10H,6,8,11H2,1H3,(H,23,24)(H2,18,20,22). The highest BCUT2D eigenvalue weighted by atomic mass is 35.5. The van der Waals surface area contributed by atoms with Crippen LogP contribution in [0.1, 0.15) is 5.56 Å². The molecule has 0 bridgehead atoms. The van der Waals surface area contributed by atoms with Crippen molar-refractivity contribution >= 4 is 29.2 Å². The first-order valence-electron chi connectivity index (χ1n) is 7.42. The molecule has 126 valence electrons. The molecule has 2 aromatic rings. The van der Waals surface area contributed by atoms with Crippen LogP contribution in [0.3, 0.4) is 0 Å². The maximum Gasteiger partial charge on any atom is 0.243 e. The largest absolute Gasteiger partial charge is 0.356 e. The van der Waals surface area contributed by atoms with Crippen LogP contribution in [0.15, 0.2) is 47.8 Å². The fourth-order valence-electron chi connectivity index (χ4n) is 1.91. The molecule has 0 aliphatic carbocycles. The number of rotatable bonds is 6. The van der Waals surface area contributed by atoms with E-state index in [2.05, 4.69) is 30.9 Å². The number of carbonyl (C=O) groups excluding carboxylic acids is 1. The predicted octanol–water partition coefficient (Wildman–Crippen LogP) is 1.48. The smallest absolute Gasteiger partial charge is 0.243 e. The Morgan fingerprint density at radius 2 is 2.12 bits per heavy atom. The van der Waals surface area contributed by atoms with Crippen molar-refractivity contribution in [2.45, 2.75) is 6.42 Å². The van der Waals surface area contributed by atoms with E-state index in [0.29, 0.717) is 23.3 Å². The Bertz CT molecular complexity index is 675. The monoisotopic (exact) mass is 346 g/mol. The van der Waals surface area contributed by atoms with Gasteiger partial charge in [0.15, 0.2) is 5.96 Å². The van der Waals surface area contributed by atoms with Gasteiger partial charge in [0.05, 0.1) is 18.4 Å². The van der Waals surface area contributed by atoms with E-state index >= 15 is 0 Å². The molecule has 0 unspecified atom stereocenters. The van der Waals surface area contributed by atoms with E-state index < -0.39 is 0 Å². The van der Waals surface area contributed by atoms with Crippen molar-refractivity contribution < 1.29 is 4.79 Å². The number of hydrogen-bond donors (Lipinski definition) is 3. The molecule has 24 heavy (non-hydrogen) atoms. The molecule has 7 nitrogen and oxygen atoms in total. The van der Waals surface area contributed by atoms with E-state index in [9.17, 15) is 4.79 Å². The highest BCUT2D eigenvalue weighted by molar-refractivity contribution is 6.29. The molecule has 0 fully saturated rings. The summed E-state index contributed by atoms with van der Waals surface area (Å²) in [6.45, 7) is 0.768. The summed E-state index contributed by atoms with van der Waals surface area (Å²) in [6.07, 6.45) is 5.75. The lowest BCUT2D eigenvalue weighted by molar-refractivity contribution is -0.115. The normalized spacial score (nSPS) is 11.0. The van der Waals surface area contributed by atoms with Crippen LogP contribution >= 0.6 is 11.6 Å². The molecule has 0 atom stereocenters. The van der Waals surface area contributed by atoms with Gasteiger partial charge in [0.2, 0.25) is 5.91 Å². The molecule has 2 aromatic heterocycles. The summed E-state index contributed by atoms with van der Waals surface area (Å²) < 4.78 is 0. The average molecular weight is 347 g/mol. The summed E-state index contributed by atoms with van der Waals surface area (Å²) in [5.41, 5.74) is 1.72. The number of hydrogen-bond acceptors (Lipinski definition) is 4. The van der Waals surface area contributed by atoms with Crippen LogP contribution < -0.4 is 16.0 Å². The van der Waals surface area contributed by atoms with Crippen LogP contribution in [0, 0.1) is 0 Å². The summed E-state index contributed by atoms with van der Waals surface area (Å²) in [4.78, 5) is 23.9.